The standard InChI is InChI=1S/C16H14N4OS/c1-21-12-6-4-11(5-7-12)14-9-13(15-3-2-8-22-15)19-16-17-10-18-20(14)16/h2-10,14H,1H3,(H,17,18,19)/t14-/m0/s1. The lowest BCUT2D eigenvalue weighted by atomic mass is 10.0. The van der Waals surface area contributed by atoms with Gasteiger partial charge in [-0.15, -0.1) is 11.3 Å². The number of hydrogen-bond donors (Lipinski definition) is 1. The molecule has 0 saturated carbocycles. The zero-order chi connectivity index (χ0) is 14.9. The van der Waals surface area contributed by atoms with Gasteiger partial charge >= 0.3 is 0 Å². The first-order valence-electron chi connectivity index (χ1n) is 6.91. The highest BCUT2D eigenvalue weighted by molar-refractivity contribution is 7.11. The van der Waals surface area contributed by atoms with E-state index < -0.39 is 0 Å². The number of hydrogen-bond acceptors (Lipinski definition) is 5. The Balaban J connectivity index is 1.78. The third-order valence-corrected chi connectivity index (χ3v) is 4.55. The van der Waals surface area contributed by atoms with E-state index in [-0.39, 0.29) is 6.04 Å². The molecule has 0 saturated heterocycles. The van der Waals surface area contributed by atoms with Crippen LogP contribution in [0.25, 0.3) is 5.70 Å². The SMILES string of the molecule is COc1ccc([C@@H]2C=C(c3cccs3)Nc3ncnn32)cc1. The summed E-state index contributed by atoms with van der Waals surface area (Å²) >= 11 is 1.70. The molecule has 1 aliphatic heterocycles. The van der Waals surface area contributed by atoms with Crippen molar-refractivity contribution < 1.29 is 4.74 Å². The molecule has 0 aliphatic carbocycles. The average Bonchev–Trinajstić information content (AvgIpc) is 3.25. The van der Waals surface area contributed by atoms with Gasteiger partial charge < -0.3 is 10.1 Å². The number of ether oxygens (including phenoxy) is 1. The van der Waals surface area contributed by atoms with Crippen LogP contribution in [0.15, 0.2) is 54.2 Å². The summed E-state index contributed by atoms with van der Waals surface area (Å²) in [5.74, 6) is 1.60. The topological polar surface area (TPSA) is 52.0 Å². The second kappa shape index (κ2) is 5.31. The van der Waals surface area contributed by atoms with Crippen LogP contribution in [0.4, 0.5) is 5.95 Å². The predicted octanol–water partition coefficient (Wildman–Crippen LogP) is 3.40. The first kappa shape index (κ1) is 13.1. The number of allylic oxidation sites excluding steroid dienone is 1. The lowest BCUT2D eigenvalue weighted by molar-refractivity contribution is 0.414. The smallest absolute Gasteiger partial charge is 0.226 e. The molecule has 110 valence electrons. The van der Waals surface area contributed by atoms with Crippen LogP contribution in [-0.4, -0.2) is 21.9 Å². The van der Waals surface area contributed by atoms with Crippen molar-refractivity contribution >= 4 is 23.0 Å². The fraction of sp³-hybridized carbons (Fsp3) is 0.125. The molecule has 1 aliphatic rings. The Morgan fingerprint density at radius 1 is 1.23 bits per heavy atom. The Morgan fingerprint density at radius 2 is 2.09 bits per heavy atom. The molecule has 6 heteroatoms. The summed E-state index contributed by atoms with van der Waals surface area (Å²) in [7, 11) is 1.67. The second-order valence-electron chi connectivity index (χ2n) is 4.93. The number of nitrogens with one attached hydrogen (secondary N) is 1. The molecule has 1 atom stereocenters. The maximum atomic E-state index is 5.23. The van der Waals surface area contributed by atoms with Gasteiger partial charge in [-0.25, -0.2) is 4.68 Å². The zero-order valence-electron chi connectivity index (χ0n) is 11.9. The van der Waals surface area contributed by atoms with Crippen molar-refractivity contribution in [1.29, 1.82) is 0 Å². The van der Waals surface area contributed by atoms with Crippen molar-refractivity contribution in [3.63, 3.8) is 0 Å². The molecule has 22 heavy (non-hydrogen) atoms. The van der Waals surface area contributed by atoms with E-state index >= 15 is 0 Å². The van der Waals surface area contributed by atoms with Crippen molar-refractivity contribution in [3.8, 4) is 5.75 Å². The molecule has 0 spiro atoms. The number of nitrogens with zero attached hydrogens (tertiary/aromatic N) is 3. The second-order valence-corrected chi connectivity index (χ2v) is 5.88. The summed E-state index contributed by atoms with van der Waals surface area (Å²) in [4.78, 5) is 5.49. The van der Waals surface area contributed by atoms with Crippen LogP contribution in [-0.2, 0) is 0 Å². The molecule has 1 aromatic carbocycles. The van der Waals surface area contributed by atoms with E-state index in [0.717, 1.165) is 23.0 Å². The lowest BCUT2D eigenvalue weighted by Crippen LogP contribution is -2.19. The van der Waals surface area contributed by atoms with Crippen molar-refractivity contribution in [3.05, 3.63) is 64.6 Å². The zero-order valence-corrected chi connectivity index (χ0v) is 12.7. The van der Waals surface area contributed by atoms with Gasteiger partial charge in [0.2, 0.25) is 5.95 Å². The number of benzene rings is 1. The van der Waals surface area contributed by atoms with Gasteiger partial charge in [-0.1, -0.05) is 18.2 Å². The minimum Gasteiger partial charge on any atom is -0.497 e. The molecule has 1 N–H and O–H groups in total. The number of anilines is 1. The Kier molecular flexibility index (Phi) is 3.16. The molecule has 0 unspecified atom stereocenters. The van der Waals surface area contributed by atoms with E-state index in [9.17, 15) is 0 Å². The van der Waals surface area contributed by atoms with Gasteiger partial charge in [0, 0.05) is 0 Å². The Labute approximate surface area is 131 Å². The van der Waals surface area contributed by atoms with Gasteiger partial charge in [0.1, 0.15) is 18.1 Å². The molecule has 0 bridgehead atoms. The normalized spacial score (nSPS) is 16.6. The van der Waals surface area contributed by atoms with Crippen LogP contribution < -0.4 is 10.1 Å². The number of aromatic nitrogens is 3. The van der Waals surface area contributed by atoms with Gasteiger partial charge in [-0.05, 0) is 35.2 Å². The molecule has 3 aromatic rings. The van der Waals surface area contributed by atoms with Crippen molar-refractivity contribution in [1.82, 2.24) is 14.8 Å². The third-order valence-electron chi connectivity index (χ3n) is 3.65. The van der Waals surface area contributed by atoms with Crippen LogP contribution in [0.5, 0.6) is 5.75 Å². The quantitative estimate of drug-likeness (QED) is 0.805. The van der Waals surface area contributed by atoms with Crippen LogP contribution >= 0.6 is 11.3 Å². The number of thiophene rings is 1. The van der Waals surface area contributed by atoms with Crippen LogP contribution in [0.3, 0.4) is 0 Å². The van der Waals surface area contributed by atoms with Crippen molar-refractivity contribution in [2.75, 3.05) is 12.4 Å². The van der Waals surface area contributed by atoms with E-state index in [1.807, 2.05) is 22.9 Å². The summed E-state index contributed by atoms with van der Waals surface area (Å²) in [5.41, 5.74) is 2.21. The number of rotatable bonds is 3. The van der Waals surface area contributed by atoms with E-state index in [1.165, 1.54) is 4.88 Å². The van der Waals surface area contributed by atoms with Crippen LogP contribution in [0.2, 0.25) is 0 Å². The average molecular weight is 310 g/mol. The molecule has 3 heterocycles. The summed E-state index contributed by atoms with van der Waals surface area (Å²) < 4.78 is 7.12. The summed E-state index contributed by atoms with van der Waals surface area (Å²) in [5, 5.41) is 9.75. The third kappa shape index (κ3) is 2.17. The van der Waals surface area contributed by atoms with Crippen LogP contribution in [0, 0.1) is 0 Å². The molecule has 2 aromatic heterocycles. The number of fused-ring (bicyclic) bond motifs is 1. The highest BCUT2D eigenvalue weighted by Gasteiger charge is 2.23. The monoisotopic (exact) mass is 310 g/mol. The molecular formula is C16H14N4OS. The lowest BCUT2D eigenvalue weighted by Gasteiger charge is -2.23. The first-order chi connectivity index (χ1) is 10.8. The summed E-state index contributed by atoms with van der Waals surface area (Å²) in [6.07, 6.45) is 3.75. The van der Waals surface area contributed by atoms with Crippen molar-refractivity contribution in [2.45, 2.75) is 6.04 Å². The molecule has 4 rings (SSSR count). The minimum atomic E-state index is 0.0155. The predicted molar refractivity (Wildman–Crippen MR) is 87.1 cm³/mol. The Bertz CT molecular complexity index is 805. The van der Waals surface area contributed by atoms with Gasteiger partial charge in [-0.2, -0.15) is 10.1 Å². The van der Waals surface area contributed by atoms with E-state index in [2.05, 4.69) is 45.1 Å². The molecular weight excluding hydrogens is 296 g/mol. The van der Waals surface area contributed by atoms with Gasteiger partial charge in [0.15, 0.2) is 0 Å². The summed E-state index contributed by atoms with van der Waals surface area (Å²) in [6.45, 7) is 0. The van der Waals surface area contributed by atoms with Gasteiger partial charge in [0.25, 0.3) is 0 Å². The van der Waals surface area contributed by atoms with E-state index in [1.54, 1.807) is 24.8 Å². The maximum Gasteiger partial charge on any atom is 0.226 e. The highest BCUT2D eigenvalue weighted by atomic mass is 32.1. The molecule has 0 radical (unpaired) electrons. The molecule has 5 nitrogen and oxygen atoms in total. The molecule has 0 fully saturated rings. The van der Waals surface area contributed by atoms with Crippen LogP contribution in [0.1, 0.15) is 16.5 Å². The molecule has 0 amide bonds. The largest absolute Gasteiger partial charge is 0.497 e. The fourth-order valence-corrected chi connectivity index (χ4v) is 3.25. The van der Waals surface area contributed by atoms with Crippen molar-refractivity contribution in [2.24, 2.45) is 0 Å². The van der Waals surface area contributed by atoms with Gasteiger partial charge in [-0.3, -0.25) is 0 Å². The minimum absolute atomic E-state index is 0.0155. The first-order valence-corrected chi connectivity index (χ1v) is 7.79. The number of methoxy groups -OCH3 is 1. The summed E-state index contributed by atoms with van der Waals surface area (Å²) in [6, 6.07) is 12.2. The van der Waals surface area contributed by atoms with Gasteiger partial charge in [0.05, 0.1) is 17.7 Å². The van der Waals surface area contributed by atoms with E-state index in [4.69, 9.17) is 4.74 Å². The highest BCUT2D eigenvalue weighted by Crippen LogP contribution is 2.33. The maximum absolute atomic E-state index is 5.23. The fourth-order valence-electron chi connectivity index (χ4n) is 2.55. The van der Waals surface area contributed by atoms with E-state index in [0.29, 0.717) is 0 Å². The Hall–Kier alpha value is -2.60. The Morgan fingerprint density at radius 3 is 2.82 bits per heavy atom.